The highest BCUT2D eigenvalue weighted by Crippen LogP contribution is 2.37. The van der Waals surface area contributed by atoms with Crippen molar-refractivity contribution in [1.29, 1.82) is 0 Å². The van der Waals surface area contributed by atoms with E-state index in [0.717, 1.165) is 0 Å². The van der Waals surface area contributed by atoms with E-state index in [1.807, 2.05) is 0 Å². The van der Waals surface area contributed by atoms with Gasteiger partial charge in [-0.15, -0.1) is 0 Å². The van der Waals surface area contributed by atoms with Crippen LogP contribution in [0.15, 0.2) is 6.07 Å². The minimum absolute atomic E-state index is 0.142. The molecule has 15 heavy (non-hydrogen) atoms. The number of carbonyl (C=O) groups is 1. The number of benzene rings is 1. The van der Waals surface area contributed by atoms with Gasteiger partial charge in [0, 0.05) is 11.1 Å². The smallest absolute Gasteiger partial charge is 0.339 e. The van der Waals surface area contributed by atoms with Crippen LogP contribution in [-0.4, -0.2) is 21.3 Å². The first-order valence-corrected chi connectivity index (χ1v) is 3.93. The number of phenols is 2. The quantitative estimate of drug-likeness (QED) is 0.709. The summed E-state index contributed by atoms with van der Waals surface area (Å²) in [5.41, 5.74) is -1.92. The molecule has 82 valence electrons. The number of rotatable bonds is 2. The third kappa shape index (κ3) is 1.83. The maximum Gasteiger partial charge on any atom is 0.339 e. The summed E-state index contributed by atoms with van der Waals surface area (Å²) in [4.78, 5) is 10.6. The van der Waals surface area contributed by atoms with E-state index in [1.165, 1.54) is 6.92 Å². The molecular weight excluding hydrogens is 210 g/mol. The summed E-state index contributed by atoms with van der Waals surface area (Å²) >= 11 is 0. The Hall–Kier alpha value is -1.85. The number of aromatic hydroxyl groups is 2. The van der Waals surface area contributed by atoms with Crippen LogP contribution in [0.3, 0.4) is 0 Å². The lowest BCUT2D eigenvalue weighted by molar-refractivity contribution is 0.0680. The highest BCUT2D eigenvalue weighted by molar-refractivity contribution is 5.93. The molecule has 4 nitrogen and oxygen atoms in total. The molecule has 0 fully saturated rings. The second-order valence-electron chi connectivity index (χ2n) is 2.94. The average Bonchev–Trinajstić information content (AvgIpc) is 2.12. The minimum atomic E-state index is -3.08. The Balaban J connectivity index is 3.58. The van der Waals surface area contributed by atoms with E-state index in [0.29, 0.717) is 6.07 Å². The van der Waals surface area contributed by atoms with Gasteiger partial charge < -0.3 is 15.3 Å². The molecule has 3 N–H and O–H groups in total. The summed E-state index contributed by atoms with van der Waals surface area (Å²) in [6.45, 7) is 1.23. The summed E-state index contributed by atoms with van der Waals surface area (Å²) in [7, 11) is 0. The molecule has 6 heteroatoms. The lowest BCUT2D eigenvalue weighted by atomic mass is 10.0. The second-order valence-corrected chi connectivity index (χ2v) is 2.94. The van der Waals surface area contributed by atoms with E-state index in [-0.39, 0.29) is 5.56 Å². The van der Waals surface area contributed by atoms with Gasteiger partial charge in [-0.2, -0.15) is 0 Å². The van der Waals surface area contributed by atoms with E-state index in [9.17, 15) is 18.7 Å². The molecule has 0 aliphatic carbocycles. The van der Waals surface area contributed by atoms with Gasteiger partial charge in [-0.3, -0.25) is 0 Å². The van der Waals surface area contributed by atoms with Crippen molar-refractivity contribution in [3.05, 3.63) is 22.8 Å². The molecule has 0 aliphatic rings. The molecule has 0 unspecified atom stereocenters. The standard InChI is InChI=1S/C9H8F2O4/c1-3-5(12)2-4(8(10)11)6(7(3)13)9(14)15/h2,8,12-13H,1H3,(H,14,15). The van der Waals surface area contributed by atoms with Crippen molar-refractivity contribution in [3.8, 4) is 11.5 Å². The van der Waals surface area contributed by atoms with Crippen LogP contribution in [0, 0.1) is 6.92 Å². The zero-order valence-electron chi connectivity index (χ0n) is 7.66. The summed E-state index contributed by atoms with van der Waals surface area (Å²) < 4.78 is 24.8. The van der Waals surface area contributed by atoms with Crippen LogP contribution in [-0.2, 0) is 0 Å². The second kappa shape index (κ2) is 3.72. The number of aromatic carboxylic acids is 1. The fraction of sp³-hybridized carbons (Fsp3) is 0.222. The van der Waals surface area contributed by atoms with Crippen LogP contribution >= 0.6 is 0 Å². The number of carboxylic acids is 1. The molecule has 0 heterocycles. The average molecular weight is 218 g/mol. The molecule has 1 aromatic rings. The topological polar surface area (TPSA) is 77.8 Å². The normalized spacial score (nSPS) is 10.7. The van der Waals surface area contributed by atoms with Gasteiger partial charge in [0.05, 0.1) is 0 Å². The monoisotopic (exact) mass is 218 g/mol. The number of carboxylic acid groups (broad SMARTS) is 1. The highest BCUT2D eigenvalue weighted by Gasteiger charge is 2.25. The molecule has 0 atom stereocenters. The zero-order chi connectivity index (χ0) is 11.7. The first-order chi connectivity index (χ1) is 6.86. The molecule has 0 bridgehead atoms. The lowest BCUT2D eigenvalue weighted by Gasteiger charge is -2.10. The van der Waals surface area contributed by atoms with E-state index >= 15 is 0 Å². The van der Waals surface area contributed by atoms with E-state index in [1.54, 1.807) is 0 Å². The predicted molar refractivity (Wildman–Crippen MR) is 46.4 cm³/mol. The third-order valence-corrected chi connectivity index (χ3v) is 2.01. The molecule has 0 saturated carbocycles. The van der Waals surface area contributed by atoms with E-state index < -0.39 is 35.0 Å². The number of alkyl halides is 2. The summed E-state index contributed by atoms with van der Waals surface area (Å²) in [6, 6.07) is 0.642. The van der Waals surface area contributed by atoms with Gasteiger partial charge in [0.15, 0.2) is 0 Å². The lowest BCUT2D eigenvalue weighted by Crippen LogP contribution is -2.04. The summed E-state index contributed by atoms with van der Waals surface area (Å²) in [6.07, 6.45) is -3.08. The molecule has 0 saturated heterocycles. The molecule has 1 aromatic carbocycles. The first-order valence-electron chi connectivity index (χ1n) is 3.93. The van der Waals surface area contributed by atoms with Gasteiger partial charge in [0.2, 0.25) is 0 Å². The van der Waals surface area contributed by atoms with Gasteiger partial charge in [0.25, 0.3) is 6.43 Å². The fourth-order valence-electron chi connectivity index (χ4n) is 1.17. The number of hydrogen-bond donors (Lipinski definition) is 3. The van der Waals surface area contributed by atoms with Gasteiger partial charge in [0.1, 0.15) is 17.1 Å². The van der Waals surface area contributed by atoms with Gasteiger partial charge in [-0.25, -0.2) is 13.6 Å². The van der Waals surface area contributed by atoms with Crippen molar-refractivity contribution in [3.63, 3.8) is 0 Å². The van der Waals surface area contributed by atoms with Crippen molar-refractivity contribution in [2.45, 2.75) is 13.3 Å². The Morgan fingerprint density at radius 1 is 1.40 bits per heavy atom. The Morgan fingerprint density at radius 3 is 2.33 bits per heavy atom. The fourth-order valence-corrected chi connectivity index (χ4v) is 1.17. The Bertz CT molecular complexity index is 415. The SMILES string of the molecule is Cc1c(O)cc(C(F)F)c(C(=O)O)c1O. The Morgan fingerprint density at radius 2 is 1.93 bits per heavy atom. The highest BCUT2D eigenvalue weighted by atomic mass is 19.3. The number of phenolic OH excluding ortho intramolecular Hbond substituents is 1. The third-order valence-electron chi connectivity index (χ3n) is 2.01. The van der Waals surface area contributed by atoms with Crippen LogP contribution in [0.25, 0.3) is 0 Å². The molecule has 0 aromatic heterocycles. The maximum atomic E-state index is 12.4. The molecular formula is C9H8F2O4. The molecule has 0 amide bonds. The molecule has 0 spiro atoms. The Kier molecular flexibility index (Phi) is 2.78. The van der Waals surface area contributed by atoms with Crippen molar-refractivity contribution in [1.82, 2.24) is 0 Å². The number of hydrogen-bond acceptors (Lipinski definition) is 3. The van der Waals surface area contributed by atoms with Crippen molar-refractivity contribution < 1.29 is 28.9 Å². The van der Waals surface area contributed by atoms with Crippen molar-refractivity contribution in [2.24, 2.45) is 0 Å². The maximum absolute atomic E-state index is 12.4. The molecule has 0 aliphatic heterocycles. The van der Waals surface area contributed by atoms with E-state index in [4.69, 9.17) is 10.2 Å². The first kappa shape index (κ1) is 11.2. The van der Waals surface area contributed by atoms with Crippen LogP contribution in [0.2, 0.25) is 0 Å². The number of halogens is 2. The molecule has 1 rings (SSSR count). The molecule has 0 radical (unpaired) electrons. The minimum Gasteiger partial charge on any atom is -0.508 e. The summed E-state index contributed by atoms with van der Waals surface area (Å²) in [5, 5.41) is 27.1. The Labute approximate surface area is 83.4 Å². The van der Waals surface area contributed by atoms with Crippen LogP contribution < -0.4 is 0 Å². The predicted octanol–water partition coefficient (Wildman–Crippen LogP) is 2.04. The van der Waals surface area contributed by atoms with Gasteiger partial charge >= 0.3 is 5.97 Å². The van der Waals surface area contributed by atoms with Crippen LogP contribution in [0.4, 0.5) is 8.78 Å². The van der Waals surface area contributed by atoms with Gasteiger partial charge in [-0.05, 0) is 13.0 Å². The van der Waals surface area contributed by atoms with Gasteiger partial charge in [-0.1, -0.05) is 0 Å². The zero-order valence-corrected chi connectivity index (χ0v) is 7.66. The van der Waals surface area contributed by atoms with Crippen molar-refractivity contribution in [2.75, 3.05) is 0 Å². The van der Waals surface area contributed by atoms with E-state index in [2.05, 4.69) is 0 Å². The summed E-state index contributed by atoms with van der Waals surface area (Å²) in [5.74, 6) is -3.06. The van der Waals surface area contributed by atoms with Crippen molar-refractivity contribution >= 4 is 5.97 Å². The van der Waals surface area contributed by atoms with Crippen LogP contribution in [0.5, 0.6) is 11.5 Å². The van der Waals surface area contributed by atoms with Crippen LogP contribution in [0.1, 0.15) is 27.9 Å². The largest absolute Gasteiger partial charge is 0.508 e.